The summed E-state index contributed by atoms with van der Waals surface area (Å²) in [7, 11) is 1.90. The van der Waals surface area contributed by atoms with E-state index in [1.54, 1.807) is 0 Å². The Morgan fingerprint density at radius 2 is 1.58 bits per heavy atom. The second-order valence-corrected chi connectivity index (χ2v) is 6.14. The van der Waals surface area contributed by atoms with E-state index in [9.17, 15) is 0 Å². The third-order valence-electron chi connectivity index (χ3n) is 4.24. The molecule has 26 heavy (non-hydrogen) atoms. The molecule has 0 aromatic heterocycles. The molecule has 3 aromatic rings. The molecule has 0 aliphatic rings. The molecule has 0 heterocycles. The summed E-state index contributed by atoms with van der Waals surface area (Å²) in [5, 5.41) is 6.55. The van der Waals surface area contributed by atoms with Gasteiger partial charge in [0.05, 0.1) is 6.67 Å². The van der Waals surface area contributed by atoms with Gasteiger partial charge in [-0.05, 0) is 42.3 Å². The minimum absolute atomic E-state index is 0.565. The number of hydrogen-bond donors (Lipinski definition) is 2. The van der Waals surface area contributed by atoms with Gasteiger partial charge in [0.1, 0.15) is 5.84 Å². The van der Waals surface area contributed by atoms with Gasteiger partial charge in [0.25, 0.3) is 0 Å². The Morgan fingerprint density at radius 3 is 2.31 bits per heavy atom. The summed E-state index contributed by atoms with van der Waals surface area (Å²) < 4.78 is 0. The summed E-state index contributed by atoms with van der Waals surface area (Å²) in [5.41, 5.74) is 5.89. The van der Waals surface area contributed by atoms with Crippen molar-refractivity contribution in [1.82, 2.24) is 5.32 Å². The standard InChI is InChI=1S/C23H25N3/c1-3-18-9-7-12-20(15-18)21-13-8-14-22(16-21)26-23(25-17-24-2)19-10-5-4-6-11-19/h4-16,24H,3,17H2,1-2H3,(H,25,26). The summed E-state index contributed by atoms with van der Waals surface area (Å²) in [5.74, 6) is 0.861. The van der Waals surface area contributed by atoms with Crippen LogP contribution in [-0.2, 0) is 6.42 Å². The highest BCUT2D eigenvalue weighted by Crippen LogP contribution is 2.24. The lowest BCUT2D eigenvalue weighted by molar-refractivity contribution is 0.834. The molecule has 0 aliphatic carbocycles. The Hall–Kier alpha value is -2.91. The first-order valence-corrected chi connectivity index (χ1v) is 9.01. The topological polar surface area (TPSA) is 36.4 Å². The molecule has 0 fully saturated rings. The van der Waals surface area contributed by atoms with Crippen LogP contribution < -0.4 is 10.6 Å². The van der Waals surface area contributed by atoms with Crippen molar-refractivity contribution in [1.29, 1.82) is 0 Å². The zero-order chi connectivity index (χ0) is 18.2. The summed E-state index contributed by atoms with van der Waals surface area (Å²) in [6.45, 7) is 2.75. The van der Waals surface area contributed by atoms with Gasteiger partial charge in [-0.1, -0.05) is 73.7 Å². The summed E-state index contributed by atoms with van der Waals surface area (Å²) in [6, 6.07) is 27.4. The molecule has 3 heteroatoms. The minimum Gasteiger partial charge on any atom is -0.340 e. The number of hydrogen-bond acceptors (Lipinski definition) is 2. The third kappa shape index (κ3) is 4.58. The molecule has 0 saturated carbocycles. The molecule has 3 aromatic carbocycles. The molecule has 3 rings (SSSR count). The first-order chi connectivity index (χ1) is 12.8. The van der Waals surface area contributed by atoms with E-state index in [-0.39, 0.29) is 0 Å². The molecular formula is C23H25N3. The summed E-state index contributed by atoms with van der Waals surface area (Å²) in [4.78, 5) is 4.63. The Kier molecular flexibility index (Phi) is 6.18. The molecule has 0 radical (unpaired) electrons. The van der Waals surface area contributed by atoms with Crippen LogP contribution in [0.2, 0.25) is 0 Å². The maximum atomic E-state index is 4.63. The van der Waals surface area contributed by atoms with Gasteiger partial charge in [0, 0.05) is 11.3 Å². The summed E-state index contributed by atoms with van der Waals surface area (Å²) in [6.07, 6.45) is 1.04. The van der Waals surface area contributed by atoms with Crippen LogP contribution in [0.3, 0.4) is 0 Å². The van der Waals surface area contributed by atoms with Crippen LogP contribution in [0.5, 0.6) is 0 Å². The van der Waals surface area contributed by atoms with E-state index in [0.29, 0.717) is 6.67 Å². The number of aryl methyl sites for hydroxylation is 1. The molecular weight excluding hydrogens is 318 g/mol. The lowest BCUT2D eigenvalue weighted by Crippen LogP contribution is -2.17. The Labute approximate surface area is 155 Å². The average molecular weight is 343 g/mol. The molecule has 3 nitrogen and oxygen atoms in total. The molecule has 0 atom stereocenters. The Bertz CT molecular complexity index is 869. The van der Waals surface area contributed by atoms with Crippen LogP contribution in [-0.4, -0.2) is 19.6 Å². The Balaban J connectivity index is 1.89. The molecule has 0 aliphatic heterocycles. The number of rotatable bonds is 6. The van der Waals surface area contributed by atoms with Crippen LogP contribution in [0.4, 0.5) is 5.69 Å². The molecule has 132 valence electrons. The van der Waals surface area contributed by atoms with Crippen molar-refractivity contribution in [2.45, 2.75) is 13.3 Å². The van der Waals surface area contributed by atoms with Crippen molar-refractivity contribution in [2.24, 2.45) is 4.99 Å². The van der Waals surface area contributed by atoms with Gasteiger partial charge in [-0.25, -0.2) is 0 Å². The van der Waals surface area contributed by atoms with Crippen LogP contribution in [0.1, 0.15) is 18.1 Å². The molecule has 0 spiro atoms. The lowest BCUT2D eigenvalue weighted by atomic mass is 10.0. The van der Waals surface area contributed by atoms with Crippen LogP contribution in [0.25, 0.3) is 11.1 Å². The monoisotopic (exact) mass is 343 g/mol. The number of nitrogens with zero attached hydrogens (tertiary/aromatic N) is 1. The number of benzene rings is 3. The minimum atomic E-state index is 0.565. The maximum absolute atomic E-state index is 4.63. The maximum Gasteiger partial charge on any atom is 0.134 e. The molecule has 2 N–H and O–H groups in total. The number of nitrogens with one attached hydrogen (secondary N) is 2. The number of amidine groups is 1. The highest BCUT2D eigenvalue weighted by Gasteiger charge is 2.05. The average Bonchev–Trinajstić information content (AvgIpc) is 2.72. The van der Waals surface area contributed by atoms with Gasteiger partial charge >= 0.3 is 0 Å². The number of anilines is 1. The fourth-order valence-corrected chi connectivity index (χ4v) is 2.84. The van der Waals surface area contributed by atoms with E-state index >= 15 is 0 Å². The van der Waals surface area contributed by atoms with Crippen molar-refractivity contribution in [2.75, 3.05) is 19.0 Å². The predicted molar refractivity (Wildman–Crippen MR) is 112 cm³/mol. The number of aliphatic imine (C=N–C) groups is 1. The molecule has 0 bridgehead atoms. The van der Waals surface area contributed by atoms with Crippen LogP contribution in [0.15, 0.2) is 83.9 Å². The van der Waals surface area contributed by atoms with E-state index in [4.69, 9.17) is 0 Å². The highest BCUT2D eigenvalue weighted by atomic mass is 15.1. The van der Waals surface area contributed by atoms with E-state index < -0.39 is 0 Å². The quantitative estimate of drug-likeness (QED) is 0.491. The van der Waals surface area contributed by atoms with Crippen molar-refractivity contribution in [3.8, 4) is 11.1 Å². The molecule has 0 unspecified atom stereocenters. The van der Waals surface area contributed by atoms with Gasteiger partial charge < -0.3 is 10.6 Å². The Morgan fingerprint density at radius 1 is 0.846 bits per heavy atom. The van der Waals surface area contributed by atoms with Gasteiger partial charge in [-0.2, -0.15) is 0 Å². The fourth-order valence-electron chi connectivity index (χ4n) is 2.84. The third-order valence-corrected chi connectivity index (χ3v) is 4.24. The normalized spacial score (nSPS) is 11.4. The van der Waals surface area contributed by atoms with Gasteiger partial charge in [0.15, 0.2) is 0 Å². The van der Waals surface area contributed by atoms with Gasteiger partial charge in [-0.15, -0.1) is 0 Å². The van der Waals surface area contributed by atoms with Gasteiger partial charge in [-0.3, -0.25) is 4.99 Å². The second kappa shape index (κ2) is 8.97. The van der Waals surface area contributed by atoms with E-state index in [0.717, 1.165) is 23.5 Å². The van der Waals surface area contributed by atoms with Crippen molar-refractivity contribution in [3.05, 3.63) is 90.0 Å². The van der Waals surface area contributed by atoms with E-state index in [1.165, 1.54) is 16.7 Å². The smallest absolute Gasteiger partial charge is 0.134 e. The summed E-state index contributed by atoms with van der Waals surface area (Å²) >= 11 is 0. The zero-order valence-electron chi connectivity index (χ0n) is 15.4. The van der Waals surface area contributed by atoms with E-state index in [1.807, 2.05) is 25.2 Å². The zero-order valence-corrected chi connectivity index (χ0v) is 15.4. The van der Waals surface area contributed by atoms with E-state index in [2.05, 4.69) is 83.2 Å². The van der Waals surface area contributed by atoms with Crippen LogP contribution >= 0.6 is 0 Å². The van der Waals surface area contributed by atoms with Crippen molar-refractivity contribution in [3.63, 3.8) is 0 Å². The highest BCUT2D eigenvalue weighted by molar-refractivity contribution is 6.08. The fraction of sp³-hybridized carbons (Fsp3) is 0.174. The van der Waals surface area contributed by atoms with Crippen molar-refractivity contribution >= 4 is 11.5 Å². The molecule has 0 amide bonds. The largest absolute Gasteiger partial charge is 0.340 e. The molecule has 0 saturated heterocycles. The van der Waals surface area contributed by atoms with Crippen LogP contribution in [0, 0.1) is 0 Å². The van der Waals surface area contributed by atoms with Gasteiger partial charge in [0.2, 0.25) is 0 Å². The predicted octanol–water partition coefficient (Wildman–Crippen LogP) is 4.95. The first kappa shape index (κ1) is 17.9. The lowest BCUT2D eigenvalue weighted by Gasteiger charge is -2.12. The first-order valence-electron chi connectivity index (χ1n) is 9.01. The second-order valence-electron chi connectivity index (χ2n) is 6.14. The SMILES string of the molecule is CCc1cccc(-c2cccc(N/C(=N\CNC)c3ccccc3)c2)c1. The van der Waals surface area contributed by atoms with Crippen molar-refractivity contribution < 1.29 is 0 Å².